The van der Waals surface area contributed by atoms with Crippen LogP contribution in [-0.4, -0.2) is 33.5 Å². The van der Waals surface area contributed by atoms with Gasteiger partial charge in [-0.15, -0.1) is 0 Å². The Morgan fingerprint density at radius 3 is 2.00 bits per heavy atom. The lowest BCUT2D eigenvalue weighted by molar-refractivity contribution is -0.395. The van der Waals surface area contributed by atoms with Gasteiger partial charge in [-0.25, -0.2) is 15.2 Å². The molecule has 2 aromatic rings. The summed E-state index contributed by atoms with van der Waals surface area (Å²) in [7, 11) is 0. The molecule has 7 heteroatoms. The van der Waals surface area contributed by atoms with Crippen LogP contribution in [-0.2, 0) is 27.3 Å². The Hall–Kier alpha value is -2.74. The van der Waals surface area contributed by atoms with E-state index in [9.17, 15) is 9.59 Å². The summed E-state index contributed by atoms with van der Waals surface area (Å²) in [5.41, 5.74) is 2.45. The molecule has 0 aliphatic rings. The molecular formula is C23H30N2O5. The molecule has 0 heterocycles. The zero-order valence-corrected chi connectivity index (χ0v) is 18.1. The van der Waals surface area contributed by atoms with Crippen LogP contribution in [0.1, 0.15) is 56.1 Å². The molecule has 162 valence electrons. The molecule has 7 nitrogen and oxygen atoms in total. The van der Waals surface area contributed by atoms with Gasteiger partial charge in [-0.05, 0) is 57.9 Å². The molecule has 2 N–H and O–H groups in total. The SMILES string of the molecule is CC(C)(C)ON(OC(C)(C)Cc1ccc(CC(=O)NO)cc1)C(=O)c1ccccc1. The Bertz CT molecular complexity index is 842. The summed E-state index contributed by atoms with van der Waals surface area (Å²) in [5.74, 6) is -0.857. The molecule has 0 saturated heterocycles. The second-order valence-electron chi connectivity index (χ2n) is 8.69. The third-order valence-electron chi connectivity index (χ3n) is 4.02. The topological polar surface area (TPSA) is 88.1 Å². The minimum atomic E-state index is -0.750. The third kappa shape index (κ3) is 7.59. The normalized spacial score (nSPS) is 11.8. The summed E-state index contributed by atoms with van der Waals surface area (Å²) in [6.07, 6.45) is 0.598. The van der Waals surface area contributed by atoms with Gasteiger partial charge in [0, 0.05) is 12.0 Å². The van der Waals surface area contributed by atoms with Crippen LogP contribution >= 0.6 is 0 Å². The van der Waals surface area contributed by atoms with Gasteiger partial charge in [-0.2, -0.15) is 0 Å². The summed E-state index contributed by atoms with van der Waals surface area (Å²) in [5, 5.41) is 9.60. The maximum atomic E-state index is 12.9. The molecule has 0 fully saturated rings. The monoisotopic (exact) mass is 414 g/mol. The van der Waals surface area contributed by atoms with Gasteiger partial charge in [0.1, 0.15) is 0 Å². The van der Waals surface area contributed by atoms with Crippen LogP contribution in [0, 0.1) is 0 Å². The number of hydrogen-bond donors (Lipinski definition) is 2. The average Bonchev–Trinajstić information content (AvgIpc) is 2.67. The predicted molar refractivity (Wildman–Crippen MR) is 112 cm³/mol. The van der Waals surface area contributed by atoms with Crippen molar-refractivity contribution in [3.05, 3.63) is 71.3 Å². The van der Waals surface area contributed by atoms with Crippen molar-refractivity contribution in [3.63, 3.8) is 0 Å². The summed E-state index contributed by atoms with van der Waals surface area (Å²) < 4.78 is 0. The highest BCUT2D eigenvalue weighted by molar-refractivity contribution is 5.92. The molecule has 0 saturated carbocycles. The molecule has 30 heavy (non-hydrogen) atoms. The first-order valence-corrected chi connectivity index (χ1v) is 9.78. The smallest absolute Gasteiger partial charge is 0.289 e. The van der Waals surface area contributed by atoms with Gasteiger partial charge >= 0.3 is 5.91 Å². The Morgan fingerprint density at radius 1 is 0.900 bits per heavy atom. The molecule has 0 bridgehead atoms. The van der Waals surface area contributed by atoms with Gasteiger partial charge in [-0.1, -0.05) is 47.7 Å². The molecular weight excluding hydrogens is 384 g/mol. The average molecular weight is 415 g/mol. The van der Waals surface area contributed by atoms with Crippen molar-refractivity contribution in [2.45, 2.75) is 58.7 Å². The van der Waals surface area contributed by atoms with Crippen LogP contribution in [0.4, 0.5) is 0 Å². The van der Waals surface area contributed by atoms with Gasteiger partial charge in [-0.3, -0.25) is 14.8 Å². The second-order valence-corrected chi connectivity index (χ2v) is 8.69. The van der Waals surface area contributed by atoms with Gasteiger partial charge in [0.15, 0.2) is 0 Å². The van der Waals surface area contributed by atoms with Crippen molar-refractivity contribution in [1.82, 2.24) is 10.7 Å². The molecule has 0 atom stereocenters. The van der Waals surface area contributed by atoms with Crippen LogP contribution in [0.25, 0.3) is 0 Å². The zero-order valence-electron chi connectivity index (χ0n) is 18.1. The van der Waals surface area contributed by atoms with E-state index >= 15 is 0 Å². The fraction of sp³-hybridized carbons (Fsp3) is 0.391. The quantitative estimate of drug-likeness (QED) is 0.506. The Labute approximate surface area is 177 Å². The minimum Gasteiger partial charge on any atom is -0.289 e. The Morgan fingerprint density at radius 2 is 1.47 bits per heavy atom. The van der Waals surface area contributed by atoms with E-state index in [1.165, 1.54) is 0 Å². The van der Waals surface area contributed by atoms with E-state index in [1.54, 1.807) is 29.7 Å². The highest BCUT2D eigenvalue weighted by Crippen LogP contribution is 2.23. The van der Waals surface area contributed by atoms with Crippen LogP contribution in [0.3, 0.4) is 0 Å². The minimum absolute atomic E-state index is 0.0927. The molecule has 0 unspecified atom stereocenters. The lowest BCUT2D eigenvalue weighted by Gasteiger charge is -2.35. The van der Waals surface area contributed by atoms with E-state index in [2.05, 4.69) is 0 Å². The molecule has 2 aromatic carbocycles. The first kappa shape index (κ1) is 23.5. The number of rotatable bonds is 8. The summed E-state index contributed by atoms with van der Waals surface area (Å²) >= 11 is 0. The van der Waals surface area contributed by atoms with E-state index in [0.29, 0.717) is 12.0 Å². The number of hydrogen-bond acceptors (Lipinski definition) is 5. The van der Waals surface area contributed by atoms with Crippen molar-refractivity contribution in [1.29, 1.82) is 0 Å². The number of hydroxylamine groups is 3. The molecule has 0 aliphatic heterocycles. The van der Waals surface area contributed by atoms with Gasteiger partial charge in [0.2, 0.25) is 5.91 Å². The van der Waals surface area contributed by atoms with Crippen molar-refractivity contribution in [2.24, 2.45) is 0 Å². The first-order chi connectivity index (χ1) is 14.0. The molecule has 2 rings (SSSR count). The number of carbonyl (C=O) groups excluding carboxylic acids is 2. The number of nitrogens with one attached hydrogen (secondary N) is 1. The molecule has 2 amide bonds. The van der Waals surface area contributed by atoms with E-state index in [4.69, 9.17) is 14.9 Å². The molecule has 0 aliphatic carbocycles. The molecule has 0 spiro atoms. The predicted octanol–water partition coefficient (Wildman–Crippen LogP) is 3.86. The lowest BCUT2D eigenvalue weighted by Crippen LogP contribution is -2.44. The fourth-order valence-electron chi connectivity index (χ4n) is 2.78. The number of benzene rings is 2. The van der Waals surface area contributed by atoms with E-state index in [0.717, 1.165) is 16.4 Å². The van der Waals surface area contributed by atoms with E-state index < -0.39 is 17.1 Å². The number of nitrogens with zero attached hydrogens (tertiary/aromatic N) is 1. The maximum absolute atomic E-state index is 12.9. The van der Waals surface area contributed by atoms with Crippen molar-refractivity contribution in [2.75, 3.05) is 0 Å². The summed E-state index contributed by atoms with van der Waals surface area (Å²) in [6.45, 7) is 9.27. The van der Waals surface area contributed by atoms with Crippen molar-refractivity contribution < 1.29 is 24.5 Å². The van der Waals surface area contributed by atoms with Crippen molar-refractivity contribution >= 4 is 11.8 Å². The Kier molecular flexibility index (Phi) is 7.72. The third-order valence-corrected chi connectivity index (χ3v) is 4.02. The fourth-order valence-corrected chi connectivity index (χ4v) is 2.78. The number of carbonyl (C=O) groups is 2. The largest absolute Gasteiger partial charge is 0.304 e. The standard InChI is InChI=1S/C23H30N2O5/c1-22(2,3)29-25(21(27)19-9-7-6-8-10-19)30-23(4,5)16-18-13-11-17(12-14-18)15-20(26)24-28/h6-14,28H,15-16H2,1-5H3,(H,24,26). The maximum Gasteiger partial charge on any atom is 0.304 e. The van der Waals surface area contributed by atoms with Gasteiger partial charge in [0.25, 0.3) is 0 Å². The first-order valence-electron chi connectivity index (χ1n) is 9.78. The van der Waals surface area contributed by atoms with E-state index in [1.807, 2.05) is 65.0 Å². The Balaban J connectivity index is 2.13. The lowest BCUT2D eigenvalue weighted by atomic mass is 9.97. The molecule has 0 radical (unpaired) electrons. The number of amides is 2. The van der Waals surface area contributed by atoms with Crippen LogP contribution in [0.15, 0.2) is 54.6 Å². The van der Waals surface area contributed by atoms with Crippen molar-refractivity contribution in [3.8, 4) is 0 Å². The summed E-state index contributed by atoms with van der Waals surface area (Å²) in [4.78, 5) is 36.0. The van der Waals surface area contributed by atoms with Crippen LogP contribution in [0.5, 0.6) is 0 Å². The highest BCUT2D eigenvalue weighted by atomic mass is 17.0. The van der Waals surface area contributed by atoms with Crippen LogP contribution < -0.4 is 5.48 Å². The summed E-state index contributed by atoms with van der Waals surface area (Å²) in [6, 6.07) is 16.2. The molecule has 0 aromatic heterocycles. The van der Waals surface area contributed by atoms with Gasteiger partial charge < -0.3 is 0 Å². The van der Waals surface area contributed by atoms with Crippen LogP contribution in [0.2, 0.25) is 0 Å². The highest BCUT2D eigenvalue weighted by Gasteiger charge is 2.31. The van der Waals surface area contributed by atoms with Gasteiger partial charge in [0.05, 0.1) is 17.6 Å². The van der Waals surface area contributed by atoms with E-state index in [-0.39, 0.29) is 12.3 Å². The second kappa shape index (κ2) is 9.84. The zero-order chi connectivity index (χ0) is 22.4.